The smallest absolute Gasteiger partial charge is 0.234 e. The van der Waals surface area contributed by atoms with Crippen molar-refractivity contribution in [2.75, 3.05) is 51.6 Å². The van der Waals surface area contributed by atoms with Gasteiger partial charge in [-0.05, 0) is 12.1 Å². The molecule has 0 aliphatic carbocycles. The first kappa shape index (κ1) is 21.0. The molecule has 2 aromatic rings. The number of methoxy groups -OCH3 is 2. The fourth-order valence-corrected chi connectivity index (χ4v) is 3.64. The van der Waals surface area contributed by atoms with Crippen molar-refractivity contribution in [1.29, 1.82) is 0 Å². The Balaban J connectivity index is 1.67. The molecule has 0 bridgehead atoms. The van der Waals surface area contributed by atoms with Crippen LogP contribution in [-0.2, 0) is 9.53 Å². The maximum atomic E-state index is 12.5. The largest absolute Gasteiger partial charge is 0.497 e. The Morgan fingerprint density at radius 3 is 2.38 bits per heavy atom. The highest BCUT2D eigenvalue weighted by Crippen LogP contribution is 2.26. The predicted octanol–water partition coefficient (Wildman–Crippen LogP) is 3.40. The quantitative estimate of drug-likeness (QED) is 0.576. The Bertz CT molecular complexity index is 817. The van der Waals surface area contributed by atoms with E-state index >= 15 is 0 Å². The molecule has 0 aromatic heterocycles. The summed E-state index contributed by atoms with van der Waals surface area (Å²) in [5, 5.41) is 3.71. The summed E-state index contributed by atoms with van der Waals surface area (Å²) in [4.78, 5) is 19.4. The highest BCUT2D eigenvalue weighted by atomic mass is 32.2. The van der Waals surface area contributed by atoms with Gasteiger partial charge in [0.15, 0.2) is 5.17 Å². The molecule has 0 unspecified atom stereocenters. The lowest BCUT2D eigenvalue weighted by atomic mass is 10.2. The number of carbonyl (C=O) groups excluding carboxylic acids is 1. The Hall–Kier alpha value is -2.71. The van der Waals surface area contributed by atoms with E-state index in [1.807, 2.05) is 30.3 Å². The van der Waals surface area contributed by atoms with E-state index < -0.39 is 0 Å². The number of ether oxygens (including phenoxy) is 3. The number of rotatable bonds is 6. The Morgan fingerprint density at radius 2 is 1.76 bits per heavy atom. The van der Waals surface area contributed by atoms with Crippen LogP contribution in [0.2, 0.25) is 0 Å². The van der Waals surface area contributed by atoms with Gasteiger partial charge in [-0.25, -0.2) is 4.99 Å². The molecule has 8 heteroatoms. The fraction of sp³-hybridized carbons (Fsp3) is 0.333. The molecule has 0 saturated carbocycles. The van der Waals surface area contributed by atoms with Gasteiger partial charge in [0.2, 0.25) is 5.91 Å². The molecule has 0 atom stereocenters. The maximum absolute atomic E-state index is 12.5. The zero-order valence-electron chi connectivity index (χ0n) is 16.6. The van der Waals surface area contributed by atoms with Gasteiger partial charge in [-0.15, -0.1) is 0 Å². The summed E-state index contributed by atoms with van der Waals surface area (Å²) in [6.45, 7) is 2.83. The number of para-hydroxylation sites is 1. The zero-order valence-corrected chi connectivity index (χ0v) is 17.4. The number of anilines is 1. The summed E-state index contributed by atoms with van der Waals surface area (Å²) < 4.78 is 15.9. The molecule has 29 heavy (non-hydrogen) atoms. The number of benzene rings is 2. The minimum atomic E-state index is -0.126. The Morgan fingerprint density at radius 1 is 1.10 bits per heavy atom. The van der Waals surface area contributed by atoms with E-state index in [2.05, 4.69) is 10.2 Å². The third-order valence-electron chi connectivity index (χ3n) is 4.23. The average Bonchev–Trinajstić information content (AvgIpc) is 2.77. The van der Waals surface area contributed by atoms with Gasteiger partial charge in [0.1, 0.15) is 11.5 Å². The molecule has 154 valence electrons. The van der Waals surface area contributed by atoms with Crippen LogP contribution in [0.15, 0.2) is 53.5 Å². The molecule has 1 fully saturated rings. The van der Waals surface area contributed by atoms with Crippen LogP contribution >= 0.6 is 11.8 Å². The van der Waals surface area contributed by atoms with Crippen molar-refractivity contribution in [2.45, 2.75) is 0 Å². The van der Waals surface area contributed by atoms with Crippen molar-refractivity contribution in [3.8, 4) is 11.5 Å². The van der Waals surface area contributed by atoms with E-state index in [1.165, 1.54) is 11.8 Å². The summed E-state index contributed by atoms with van der Waals surface area (Å²) in [6, 6.07) is 15.0. The lowest BCUT2D eigenvalue weighted by Gasteiger charge is -2.29. The summed E-state index contributed by atoms with van der Waals surface area (Å²) in [5.74, 6) is 1.35. The molecule has 1 heterocycles. The number of carbonyl (C=O) groups is 1. The van der Waals surface area contributed by atoms with Gasteiger partial charge in [0, 0.05) is 37.0 Å². The maximum Gasteiger partial charge on any atom is 0.234 e. The summed E-state index contributed by atoms with van der Waals surface area (Å²) in [6.07, 6.45) is 0. The minimum Gasteiger partial charge on any atom is -0.497 e. The number of hydrogen-bond donors (Lipinski definition) is 1. The number of amidine groups is 1. The van der Waals surface area contributed by atoms with E-state index in [9.17, 15) is 4.79 Å². The predicted molar refractivity (Wildman–Crippen MR) is 117 cm³/mol. The van der Waals surface area contributed by atoms with Gasteiger partial charge in [0.25, 0.3) is 0 Å². The second kappa shape index (κ2) is 10.7. The number of morpholine rings is 1. The highest BCUT2D eigenvalue weighted by molar-refractivity contribution is 8.14. The fourth-order valence-electron chi connectivity index (χ4n) is 2.77. The highest BCUT2D eigenvalue weighted by Gasteiger charge is 2.17. The summed E-state index contributed by atoms with van der Waals surface area (Å²) >= 11 is 1.42. The monoisotopic (exact) mass is 415 g/mol. The first-order valence-corrected chi connectivity index (χ1v) is 10.3. The van der Waals surface area contributed by atoms with Gasteiger partial charge in [-0.3, -0.25) is 4.79 Å². The molecule has 0 spiro atoms. The van der Waals surface area contributed by atoms with Gasteiger partial charge in [-0.2, -0.15) is 0 Å². The van der Waals surface area contributed by atoms with E-state index in [0.29, 0.717) is 30.4 Å². The van der Waals surface area contributed by atoms with E-state index in [4.69, 9.17) is 19.2 Å². The molecule has 1 saturated heterocycles. The van der Waals surface area contributed by atoms with Crippen molar-refractivity contribution in [3.63, 3.8) is 0 Å². The number of aliphatic imine (C=N–C) groups is 1. The molecule has 1 amide bonds. The second-order valence-corrected chi connectivity index (χ2v) is 7.21. The van der Waals surface area contributed by atoms with Crippen LogP contribution in [-0.4, -0.2) is 62.3 Å². The third kappa shape index (κ3) is 6.40. The molecule has 1 aliphatic rings. The zero-order chi connectivity index (χ0) is 20.5. The Kier molecular flexibility index (Phi) is 7.77. The van der Waals surface area contributed by atoms with Gasteiger partial charge in [0.05, 0.1) is 38.9 Å². The second-order valence-electron chi connectivity index (χ2n) is 6.27. The summed E-state index contributed by atoms with van der Waals surface area (Å²) in [5.41, 5.74) is 1.49. The lowest BCUT2D eigenvalue weighted by molar-refractivity contribution is -0.113. The van der Waals surface area contributed by atoms with E-state index in [-0.39, 0.29) is 11.7 Å². The molecular weight excluding hydrogens is 390 g/mol. The topological polar surface area (TPSA) is 72.4 Å². The minimum absolute atomic E-state index is 0.126. The molecule has 2 aromatic carbocycles. The van der Waals surface area contributed by atoms with Crippen molar-refractivity contribution in [1.82, 2.24) is 4.90 Å². The SMILES string of the molecule is COc1cc(NC(=O)CSC(=Nc2ccccc2)N2CCOCC2)cc(OC)c1. The average molecular weight is 416 g/mol. The molecule has 1 N–H and O–H groups in total. The van der Waals surface area contributed by atoms with Crippen LogP contribution in [0.25, 0.3) is 0 Å². The molecule has 0 radical (unpaired) electrons. The number of hydrogen-bond acceptors (Lipinski definition) is 6. The number of thioether (sulfide) groups is 1. The van der Waals surface area contributed by atoms with Gasteiger partial charge in [-0.1, -0.05) is 30.0 Å². The first-order valence-electron chi connectivity index (χ1n) is 9.30. The summed E-state index contributed by atoms with van der Waals surface area (Å²) in [7, 11) is 3.15. The van der Waals surface area contributed by atoms with Crippen molar-refractivity contribution in [2.24, 2.45) is 4.99 Å². The number of nitrogens with one attached hydrogen (secondary N) is 1. The van der Waals surface area contributed by atoms with Crippen LogP contribution in [0.5, 0.6) is 11.5 Å². The van der Waals surface area contributed by atoms with Crippen LogP contribution in [0, 0.1) is 0 Å². The van der Waals surface area contributed by atoms with Crippen LogP contribution < -0.4 is 14.8 Å². The molecule has 1 aliphatic heterocycles. The Labute approximate surface area is 175 Å². The van der Waals surface area contributed by atoms with E-state index in [1.54, 1.807) is 32.4 Å². The molecule has 7 nitrogen and oxygen atoms in total. The standard InChI is InChI=1S/C21H25N3O4S/c1-26-18-12-17(13-19(14-18)27-2)22-20(25)15-29-21(24-8-10-28-11-9-24)23-16-6-4-3-5-7-16/h3-7,12-14H,8-11,15H2,1-2H3,(H,22,25). The molecule has 3 rings (SSSR count). The lowest BCUT2D eigenvalue weighted by Crippen LogP contribution is -2.39. The third-order valence-corrected chi connectivity index (χ3v) is 5.24. The van der Waals surface area contributed by atoms with Crippen LogP contribution in [0.1, 0.15) is 0 Å². The normalized spacial score (nSPS) is 14.4. The van der Waals surface area contributed by atoms with Gasteiger partial charge >= 0.3 is 0 Å². The van der Waals surface area contributed by atoms with Gasteiger partial charge < -0.3 is 24.4 Å². The van der Waals surface area contributed by atoms with Crippen molar-refractivity contribution < 1.29 is 19.0 Å². The number of nitrogens with zero attached hydrogens (tertiary/aromatic N) is 2. The number of amides is 1. The van der Waals surface area contributed by atoms with Crippen LogP contribution in [0.4, 0.5) is 11.4 Å². The van der Waals surface area contributed by atoms with Crippen LogP contribution in [0.3, 0.4) is 0 Å². The van der Waals surface area contributed by atoms with Crippen molar-refractivity contribution in [3.05, 3.63) is 48.5 Å². The first-order chi connectivity index (χ1) is 14.2. The molecular formula is C21H25N3O4S. The van der Waals surface area contributed by atoms with E-state index in [0.717, 1.165) is 23.9 Å². The van der Waals surface area contributed by atoms with Crippen molar-refractivity contribution >= 4 is 34.2 Å².